The number of nitrogens with one attached hydrogen (secondary N) is 1. The van der Waals surface area contributed by atoms with Crippen molar-refractivity contribution < 1.29 is 41.7 Å². The van der Waals surface area contributed by atoms with E-state index in [1.807, 2.05) is 6.92 Å². The van der Waals surface area contributed by atoms with Crippen LogP contribution in [-0.4, -0.2) is 47.8 Å². The number of esters is 1. The van der Waals surface area contributed by atoms with Gasteiger partial charge in [0.2, 0.25) is 0 Å². The lowest BCUT2D eigenvalue weighted by Crippen LogP contribution is -2.25. The van der Waals surface area contributed by atoms with E-state index in [0.717, 1.165) is 28.2 Å². The Labute approximate surface area is 235 Å². The molecule has 2 heterocycles. The quantitative estimate of drug-likeness (QED) is 0.238. The molecular formula is C27H24F3N3O7S. The van der Waals surface area contributed by atoms with Crippen LogP contribution in [0, 0.1) is 0 Å². The van der Waals surface area contributed by atoms with Crippen LogP contribution in [0.4, 0.5) is 18.2 Å². The molecule has 41 heavy (non-hydrogen) atoms. The minimum atomic E-state index is -4.90. The van der Waals surface area contributed by atoms with Crippen LogP contribution >= 0.6 is 11.3 Å². The standard InChI is InChI=1S/C27H24F3N3O7S/c1-4-37-19-12-7-15(13-20(19)38-5-2)23(34)31-24-21-18(14-41-24)22(26(36)39-6-3)32-33(25(21)35)16-8-10-17(11-9-16)40-27(28,29)30/h7-14H,4-6H2,1-3H3,(H,31,34). The predicted molar refractivity (Wildman–Crippen MR) is 145 cm³/mol. The van der Waals surface area contributed by atoms with E-state index in [-0.39, 0.29) is 39.3 Å². The van der Waals surface area contributed by atoms with Gasteiger partial charge in [-0.1, -0.05) is 0 Å². The summed E-state index contributed by atoms with van der Waals surface area (Å²) < 4.78 is 58.7. The molecule has 0 aliphatic heterocycles. The molecule has 0 aliphatic rings. The fourth-order valence-corrected chi connectivity index (χ4v) is 4.76. The summed E-state index contributed by atoms with van der Waals surface area (Å²) in [7, 11) is 0. The number of thiophene rings is 1. The van der Waals surface area contributed by atoms with E-state index >= 15 is 0 Å². The minimum Gasteiger partial charge on any atom is -0.490 e. The summed E-state index contributed by atoms with van der Waals surface area (Å²) >= 11 is 0.994. The van der Waals surface area contributed by atoms with Crippen LogP contribution in [0.5, 0.6) is 17.2 Å². The summed E-state index contributed by atoms with van der Waals surface area (Å²) in [5.41, 5.74) is -0.670. The van der Waals surface area contributed by atoms with E-state index in [0.29, 0.717) is 24.7 Å². The lowest BCUT2D eigenvalue weighted by Gasteiger charge is -2.13. The first-order chi connectivity index (χ1) is 19.6. The normalized spacial score (nSPS) is 11.3. The zero-order valence-electron chi connectivity index (χ0n) is 22.0. The van der Waals surface area contributed by atoms with Gasteiger partial charge in [0.25, 0.3) is 11.5 Å². The molecule has 10 nitrogen and oxygen atoms in total. The second kappa shape index (κ2) is 12.3. The van der Waals surface area contributed by atoms with Crippen LogP contribution in [0.3, 0.4) is 0 Å². The summed E-state index contributed by atoms with van der Waals surface area (Å²) in [5.74, 6) is -1.07. The Balaban J connectivity index is 1.78. The van der Waals surface area contributed by atoms with Crippen molar-refractivity contribution >= 4 is 39.0 Å². The van der Waals surface area contributed by atoms with Crippen LogP contribution in [-0.2, 0) is 4.74 Å². The molecule has 1 N–H and O–H groups in total. The van der Waals surface area contributed by atoms with E-state index in [1.54, 1.807) is 19.9 Å². The van der Waals surface area contributed by atoms with E-state index in [4.69, 9.17) is 14.2 Å². The van der Waals surface area contributed by atoms with Gasteiger partial charge in [-0.15, -0.1) is 24.5 Å². The molecule has 1 amide bonds. The Bertz CT molecular complexity index is 1630. The fraction of sp³-hybridized carbons (Fsp3) is 0.259. The highest BCUT2D eigenvalue weighted by Gasteiger charge is 2.31. The Kier molecular flexibility index (Phi) is 8.81. The number of rotatable bonds is 10. The van der Waals surface area contributed by atoms with Crippen molar-refractivity contribution in [1.29, 1.82) is 0 Å². The smallest absolute Gasteiger partial charge is 0.490 e. The highest BCUT2D eigenvalue weighted by atomic mass is 32.1. The summed E-state index contributed by atoms with van der Waals surface area (Å²) in [6.07, 6.45) is -4.90. The van der Waals surface area contributed by atoms with E-state index in [9.17, 15) is 27.6 Å². The number of anilines is 1. The monoisotopic (exact) mass is 591 g/mol. The average Bonchev–Trinajstić information content (AvgIpc) is 3.34. The number of fused-ring (bicyclic) bond motifs is 1. The fourth-order valence-electron chi connectivity index (χ4n) is 3.82. The van der Waals surface area contributed by atoms with Crippen LogP contribution < -0.4 is 25.1 Å². The van der Waals surface area contributed by atoms with Crippen molar-refractivity contribution in [3.8, 4) is 22.9 Å². The number of hydrogen-bond acceptors (Lipinski definition) is 9. The van der Waals surface area contributed by atoms with Gasteiger partial charge in [-0.3, -0.25) is 9.59 Å². The molecule has 0 bridgehead atoms. The maximum absolute atomic E-state index is 13.6. The molecule has 2 aromatic heterocycles. The molecule has 0 fully saturated rings. The molecule has 0 unspecified atom stereocenters. The maximum Gasteiger partial charge on any atom is 0.573 e. The number of amides is 1. The lowest BCUT2D eigenvalue weighted by molar-refractivity contribution is -0.274. The number of carbonyl (C=O) groups is 2. The SMILES string of the molecule is CCOC(=O)c1nn(-c2ccc(OC(F)(F)F)cc2)c(=O)c2c(NC(=O)c3ccc(OCC)c(OCC)c3)scc12. The van der Waals surface area contributed by atoms with Gasteiger partial charge in [-0.05, 0) is 63.2 Å². The molecule has 0 spiro atoms. The van der Waals surface area contributed by atoms with Gasteiger partial charge in [-0.2, -0.15) is 9.78 Å². The molecule has 0 saturated heterocycles. The average molecular weight is 592 g/mol. The topological polar surface area (TPSA) is 118 Å². The molecule has 0 aliphatic carbocycles. The number of carbonyl (C=O) groups excluding carboxylic acids is 2. The number of aromatic nitrogens is 2. The minimum absolute atomic E-state index is 0.0260. The second-order valence-corrected chi connectivity index (χ2v) is 9.04. The van der Waals surface area contributed by atoms with Crippen molar-refractivity contribution in [1.82, 2.24) is 9.78 Å². The van der Waals surface area contributed by atoms with Gasteiger partial charge in [0, 0.05) is 16.3 Å². The van der Waals surface area contributed by atoms with Gasteiger partial charge in [0.05, 0.1) is 30.9 Å². The van der Waals surface area contributed by atoms with Crippen LogP contribution in [0.2, 0.25) is 0 Å². The maximum atomic E-state index is 13.6. The van der Waals surface area contributed by atoms with Gasteiger partial charge in [0.15, 0.2) is 17.2 Å². The first-order valence-corrected chi connectivity index (χ1v) is 13.2. The van der Waals surface area contributed by atoms with Gasteiger partial charge in [0.1, 0.15) is 10.8 Å². The third-order valence-electron chi connectivity index (χ3n) is 5.47. The highest BCUT2D eigenvalue weighted by Crippen LogP contribution is 2.33. The van der Waals surface area contributed by atoms with Crippen molar-refractivity contribution in [2.45, 2.75) is 27.1 Å². The Morgan fingerprint density at radius 3 is 2.29 bits per heavy atom. The van der Waals surface area contributed by atoms with Crippen molar-refractivity contribution in [2.75, 3.05) is 25.1 Å². The van der Waals surface area contributed by atoms with Crippen molar-refractivity contribution in [2.24, 2.45) is 0 Å². The van der Waals surface area contributed by atoms with Crippen LogP contribution in [0.15, 0.2) is 52.6 Å². The largest absolute Gasteiger partial charge is 0.573 e. The third-order valence-corrected chi connectivity index (χ3v) is 6.36. The summed E-state index contributed by atoms with van der Waals surface area (Å²) in [5, 5.41) is 8.55. The molecule has 0 radical (unpaired) electrons. The molecule has 0 atom stereocenters. The number of halogens is 3. The van der Waals surface area contributed by atoms with Crippen LogP contribution in [0.1, 0.15) is 41.6 Å². The molecule has 216 valence electrons. The van der Waals surface area contributed by atoms with Gasteiger partial charge in [-0.25, -0.2) is 4.79 Å². The molecule has 4 rings (SSSR count). The number of hydrogen-bond donors (Lipinski definition) is 1. The Morgan fingerprint density at radius 1 is 0.976 bits per heavy atom. The van der Waals surface area contributed by atoms with E-state index in [1.165, 1.54) is 29.6 Å². The lowest BCUT2D eigenvalue weighted by atomic mass is 10.1. The third kappa shape index (κ3) is 6.60. The summed E-state index contributed by atoms with van der Waals surface area (Å²) in [6, 6.07) is 9.00. The Hall–Kier alpha value is -4.59. The number of nitrogens with zero attached hydrogens (tertiary/aromatic N) is 2. The predicted octanol–water partition coefficient (Wildman–Crippen LogP) is 5.57. The molecule has 4 aromatic rings. The summed E-state index contributed by atoms with van der Waals surface area (Å²) in [6.45, 7) is 5.96. The van der Waals surface area contributed by atoms with Crippen LogP contribution in [0.25, 0.3) is 16.5 Å². The Morgan fingerprint density at radius 2 is 1.66 bits per heavy atom. The molecule has 0 saturated carbocycles. The highest BCUT2D eigenvalue weighted by molar-refractivity contribution is 7.16. The van der Waals surface area contributed by atoms with E-state index in [2.05, 4.69) is 15.2 Å². The van der Waals surface area contributed by atoms with Crippen molar-refractivity contribution in [3.05, 3.63) is 69.5 Å². The number of ether oxygens (including phenoxy) is 4. The van der Waals surface area contributed by atoms with Gasteiger partial charge >= 0.3 is 12.3 Å². The van der Waals surface area contributed by atoms with Gasteiger partial charge < -0.3 is 24.3 Å². The first kappa shape index (κ1) is 29.4. The van der Waals surface area contributed by atoms with Crippen molar-refractivity contribution in [3.63, 3.8) is 0 Å². The molecule has 2 aromatic carbocycles. The second-order valence-electron chi connectivity index (χ2n) is 8.16. The van der Waals surface area contributed by atoms with E-state index < -0.39 is 29.5 Å². The zero-order chi connectivity index (χ0) is 29.7. The molecule has 14 heteroatoms. The summed E-state index contributed by atoms with van der Waals surface area (Å²) in [4.78, 5) is 39.5. The first-order valence-electron chi connectivity index (χ1n) is 12.3. The zero-order valence-corrected chi connectivity index (χ0v) is 22.9. The molecular weight excluding hydrogens is 567 g/mol. The number of alkyl halides is 3. The number of benzene rings is 2.